The third-order valence-electron chi connectivity index (χ3n) is 2.04. The number of thioether (sulfide) groups is 1. The van der Waals surface area contributed by atoms with E-state index in [9.17, 15) is 8.78 Å². The molecular weight excluding hydrogens is 274 g/mol. The molecule has 0 aliphatic heterocycles. The minimum absolute atomic E-state index is 0.208. The molecule has 0 saturated heterocycles. The van der Waals surface area contributed by atoms with E-state index >= 15 is 0 Å². The topological polar surface area (TPSA) is 59.1 Å². The first-order valence-electron chi connectivity index (χ1n) is 5.92. The molecule has 0 saturated carbocycles. The van der Waals surface area contributed by atoms with E-state index in [0.29, 0.717) is 17.5 Å². The van der Waals surface area contributed by atoms with Gasteiger partial charge < -0.3 is 15.4 Å². The molecule has 1 aromatic heterocycles. The molecule has 0 amide bonds. The van der Waals surface area contributed by atoms with E-state index < -0.39 is 13.0 Å². The number of nitrogens with one attached hydrogen (secondary N) is 2. The summed E-state index contributed by atoms with van der Waals surface area (Å²) in [5.41, 5.74) is 0. The molecule has 0 spiro atoms. The molecule has 0 radical (unpaired) electrons. The Bertz CT molecular complexity index is 382. The number of halogens is 2. The minimum atomic E-state index is -2.43. The summed E-state index contributed by atoms with van der Waals surface area (Å²) in [6.07, 6.45) is -0.539. The zero-order valence-electron chi connectivity index (χ0n) is 10.9. The molecule has 0 unspecified atom stereocenters. The lowest BCUT2D eigenvalue weighted by Crippen LogP contribution is -2.14. The lowest BCUT2D eigenvalue weighted by molar-refractivity contribution is 0.0215. The van der Waals surface area contributed by atoms with Crippen molar-refractivity contribution in [1.82, 2.24) is 9.97 Å². The van der Waals surface area contributed by atoms with Crippen LogP contribution in [-0.4, -0.2) is 49.0 Å². The molecule has 0 atom stereocenters. The zero-order valence-corrected chi connectivity index (χ0v) is 11.8. The van der Waals surface area contributed by atoms with E-state index in [1.165, 1.54) is 11.8 Å². The summed E-state index contributed by atoms with van der Waals surface area (Å²) >= 11 is 1.44. The van der Waals surface area contributed by atoms with E-state index in [4.69, 9.17) is 4.74 Å². The second kappa shape index (κ2) is 8.87. The molecule has 108 valence electrons. The van der Waals surface area contributed by atoms with E-state index in [1.54, 1.807) is 6.07 Å². The molecule has 1 aromatic rings. The fourth-order valence-corrected chi connectivity index (χ4v) is 1.68. The van der Waals surface area contributed by atoms with Gasteiger partial charge in [-0.05, 0) is 13.2 Å². The van der Waals surface area contributed by atoms with Crippen molar-refractivity contribution in [3.8, 4) is 0 Å². The van der Waals surface area contributed by atoms with Crippen molar-refractivity contribution in [1.29, 1.82) is 0 Å². The smallest absolute Gasteiger partial charge is 0.261 e. The number of hydrogen-bond donors (Lipinski definition) is 2. The monoisotopic (exact) mass is 292 g/mol. The normalized spacial score (nSPS) is 10.8. The van der Waals surface area contributed by atoms with Crippen molar-refractivity contribution in [2.24, 2.45) is 0 Å². The number of rotatable bonds is 9. The molecule has 1 heterocycles. The van der Waals surface area contributed by atoms with Gasteiger partial charge in [0.2, 0.25) is 0 Å². The lowest BCUT2D eigenvalue weighted by Gasteiger charge is -2.10. The van der Waals surface area contributed by atoms with Crippen molar-refractivity contribution in [3.05, 3.63) is 6.07 Å². The van der Waals surface area contributed by atoms with Gasteiger partial charge in [0.05, 0.1) is 6.61 Å². The first-order chi connectivity index (χ1) is 9.15. The van der Waals surface area contributed by atoms with E-state index in [2.05, 4.69) is 20.6 Å². The van der Waals surface area contributed by atoms with Gasteiger partial charge >= 0.3 is 0 Å². The van der Waals surface area contributed by atoms with Gasteiger partial charge in [-0.25, -0.2) is 18.7 Å². The molecule has 0 fully saturated rings. The Morgan fingerprint density at radius 1 is 1.32 bits per heavy atom. The third-order valence-corrected chi connectivity index (χ3v) is 2.59. The van der Waals surface area contributed by atoms with Crippen LogP contribution in [0.1, 0.15) is 6.92 Å². The van der Waals surface area contributed by atoms with E-state index in [0.717, 1.165) is 12.4 Å². The van der Waals surface area contributed by atoms with Crippen molar-refractivity contribution in [2.45, 2.75) is 18.5 Å². The lowest BCUT2D eigenvalue weighted by atomic mass is 10.5. The Morgan fingerprint density at radius 3 is 2.58 bits per heavy atom. The molecule has 5 nitrogen and oxygen atoms in total. The highest BCUT2D eigenvalue weighted by atomic mass is 32.2. The van der Waals surface area contributed by atoms with Crippen LogP contribution in [-0.2, 0) is 4.74 Å². The second-order valence-corrected chi connectivity index (χ2v) is 4.32. The number of anilines is 2. The van der Waals surface area contributed by atoms with Gasteiger partial charge in [0.15, 0.2) is 5.16 Å². The van der Waals surface area contributed by atoms with Crippen LogP contribution in [0, 0.1) is 0 Å². The fourth-order valence-electron chi connectivity index (χ4n) is 1.30. The van der Waals surface area contributed by atoms with Gasteiger partial charge in [-0.15, -0.1) is 0 Å². The molecule has 1 rings (SSSR count). The van der Waals surface area contributed by atoms with Crippen LogP contribution < -0.4 is 10.6 Å². The van der Waals surface area contributed by atoms with Crippen molar-refractivity contribution in [2.75, 3.05) is 43.2 Å². The van der Waals surface area contributed by atoms with Gasteiger partial charge in [-0.1, -0.05) is 11.8 Å². The van der Waals surface area contributed by atoms with Crippen LogP contribution in [0.5, 0.6) is 0 Å². The summed E-state index contributed by atoms with van der Waals surface area (Å²) in [6, 6.07) is 1.77. The summed E-state index contributed by atoms with van der Waals surface area (Å²) in [4.78, 5) is 8.54. The molecule has 0 aliphatic rings. The highest BCUT2D eigenvalue weighted by Gasteiger charge is 2.04. The van der Waals surface area contributed by atoms with Crippen molar-refractivity contribution >= 4 is 23.4 Å². The van der Waals surface area contributed by atoms with Crippen LogP contribution in [0.15, 0.2) is 11.2 Å². The maximum Gasteiger partial charge on any atom is 0.261 e. The number of aromatic nitrogens is 2. The first-order valence-corrected chi connectivity index (χ1v) is 7.15. The average Bonchev–Trinajstić information content (AvgIpc) is 2.38. The average molecular weight is 292 g/mol. The highest BCUT2D eigenvalue weighted by Crippen LogP contribution is 2.16. The Labute approximate surface area is 115 Å². The Morgan fingerprint density at radius 2 is 2.00 bits per heavy atom. The van der Waals surface area contributed by atoms with Gasteiger partial charge in [-0.2, -0.15) is 0 Å². The summed E-state index contributed by atoms with van der Waals surface area (Å²) in [6.45, 7) is 2.83. The third kappa shape index (κ3) is 6.53. The highest BCUT2D eigenvalue weighted by molar-refractivity contribution is 7.98. The predicted octanol–water partition coefficient (Wildman–Crippen LogP) is 2.32. The number of ether oxygens (including phenoxy) is 1. The number of hydrogen-bond acceptors (Lipinski definition) is 6. The minimum Gasteiger partial charge on any atom is -0.374 e. The van der Waals surface area contributed by atoms with E-state index in [-0.39, 0.29) is 6.61 Å². The van der Waals surface area contributed by atoms with Crippen molar-refractivity contribution < 1.29 is 13.5 Å². The summed E-state index contributed by atoms with van der Waals surface area (Å²) in [5.74, 6) is 1.38. The van der Waals surface area contributed by atoms with E-state index in [1.807, 2.05) is 13.2 Å². The molecular formula is C11H18F2N4OS. The number of nitrogens with zero attached hydrogens (tertiary/aromatic N) is 2. The van der Waals surface area contributed by atoms with Crippen LogP contribution in [0.2, 0.25) is 0 Å². The Balaban J connectivity index is 2.45. The molecule has 0 aromatic carbocycles. The van der Waals surface area contributed by atoms with Crippen LogP contribution in [0.25, 0.3) is 0 Å². The molecule has 19 heavy (non-hydrogen) atoms. The van der Waals surface area contributed by atoms with Crippen LogP contribution in [0.4, 0.5) is 20.4 Å². The standard InChI is InChI=1S/C11H18F2N4OS/c1-3-14-9-6-10(17-11(16-9)19-2)15-4-5-18-7-8(12)13/h6,8H,3-5,7H2,1-2H3,(H2,14,15,16,17). The Kier molecular flexibility index (Phi) is 7.42. The fraction of sp³-hybridized carbons (Fsp3) is 0.636. The van der Waals surface area contributed by atoms with Gasteiger partial charge in [-0.3, -0.25) is 0 Å². The summed E-state index contributed by atoms with van der Waals surface area (Å²) in [5, 5.41) is 6.77. The van der Waals surface area contributed by atoms with Crippen molar-refractivity contribution in [3.63, 3.8) is 0 Å². The SMILES string of the molecule is CCNc1cc(NCCOCC(F)F)nc(SC)n1. The predicted molar refractivity (Wildman–Crippen MR) is 73.3 cm³/mol. The summed E-state index contributed by atoms with van der Waals surface area (Å²) in [7, 11) is 0. The molecule has 2 N–H and O–H groups in total. The quantitative estimate of drug-likeness (QED) is 0.414. The first kappa shape index (κ1) is 15.9. The Hall–Kier alpha value is -1.15. The van der Waals surface area contributed by atoms with Gasteiger partial charge in [0.25, 0.3) is 6.43 Å². The second-order valence-electron chi connectivity index (χ2n) is 3.55. The molecule has 0 bridgehead atoms. The van der Waals surface area contributed by atoms with Gasteiger partial charge in [0, 0.05) is 19.2 Å². The number of alkyl halides is 2. The zero-order chi connectivity index (χ0) is 14.1. The maximum atomic E-state index is 11.8. The largest absolute Gasteiger partial charge is 0.374 e. The van der Waals surface area contributed by atoms with Crippen LogP contribution >= 0.6 is 11.8 Å². The van der Waals surface area contributed by atoms with Crippen LogP contribution in [0.3, 0.4) is 0 Å². The summed E-state index contributed by atoms with van der Waals surface area (Å²) < 4.78 is 28.5. The van der Waals surface area contributed by atoms with Gasteiger partial charge in [0.1, 0.15) is 18.2 Å². The molecule has 8 heteroatoms. The maximum absolute atomic E-state index is 11.8. The molecule has 0 aliphatic carbocycles.